The molecule has 0 unspecified atom stereocenters. The number of hydrogen-bond acceptors (Lipinski definition) is 6. The number of carboxylic acid groups (broad SMARTS) is 1. The highest BCUT2D eigenvalue weighted by atomic mass is 32.2. The lowest BCUT2D eigenvalue weighted by Crippen LogP contribution is -2.37. The van der Waals surface area contributed by atoms with Gasteiger partial charge in [-0.1, -0.05) is 48.7 Å². The Morgan fingerprint density at radius 2 is 1.61 bits per heavy atom. The van der Waals surface area contributed by atoms with Crippen molar-refractivity contribution in [2.75, 3.05) is 73.4 Å². The average molecular weight is 722 g/mol. The van der Waals surface area contributed by atoms with Crippen LogP contribution in [0.5, 0.6) is 0 Å². The zero-order valence-electron chi connectivity index (χ0n) is 32.7. The molecule has 0 aromatic heterocycles. The summed E-state index contributed by atoms with van der Waals surface area (Å²) in [6.07, 6.45) is 11.2. The van der Waals surface area contributed by atoms with E-state index in [0.29, 0.717) is 6.42 Å². The number of carbonyl (C=O) groups is 1. The molecule has 0 aliphatic carbocycles. The van der Waals surface area contributed by atoms with E-state index in [0.717, 1.165) is 87.5 Å². The van der Waals surface area contributed by atoms with Crippen LogP contribution in [0.15, 0.2) is 76.9 Å². The summed E-state index contributed by atoms with van der Waals surface area (Å²) in [5, 5.41) is 22.3. The predicted molar refractivity (Wildman–Crippen MR) is 209 cm³/mol. The molecule has 0 bridgehead atoms. The first-order chi connectivity index (χ1) is 23.7. The van der Waals surface area contributed by atoms with Crippen molar-refractivity contribution in [3.63, 3.8) is 0 Å². The van der Waals surface area contributed by atoms with Gasteiger partial charge in [-0.2, -0.15) is 4.58 Å². The number of benzene rings is 2. The molecule has 0 amide bonds. The van der Waals surface area contributed by atoms with Crippen molar-refractivity contribution in [2.24, 2.45) is 0 Å². The van der Waals surface area contributed by atoms with Gasteiger partial charge in [0.2, 0.25) is 5.69 Å². The molecule has 0 fully saturated rings. The summed E-state index contributed by atoms with van der Waals surface area (Å²) < 4.78 is 8.95. The predicted octanol–water partition coefficient (Wildman–Crippen LogP) is 8.02. The van der Waals surface area contributed by atoms with Crippen molar-refractivity contribution in [3.05, 3.63) is 88.7 Å². The van der Waals surface area contributed by atoms with Crippen molar-refractivity contribution in [3.8, 4) is 0 Å². The fraction of sp³-hybridized carbons (Fsp3) is 0.512. The third-order valence-electron chi connectivity index (χ3n) is 10.0. The molecule has 0 saturated carbocycles. The van der Waals surface area contributed by atoms with Gasteiger partial charge in [0.05, 0.1) is 79.3 Å². The average Bonchev–Trinajstić information content (AvgIpc) is 3.36. The van der Waals surface area contributed by atoms with Crippen LogP contribution in [0.4, 0.5) is 11.4 Å². The number of rotatable bonds is 17. The lowest BCUT2D eigenvalue weighted by molar-refractivity contribution is -0.871. The first-order valence-corrected chi connectivity index (χ1v) is 18.7. The number of carboxylic acids is 1. The highest BCUT2D eigenvalue weighted by molar-refractivity contribution is 7.94. The molecule has 2 aliphatic heterocycles. The van der Waals surface area contributed by atoms with Crippen LogP contribution in [-0.4, -0.2) is 104 Å². The maximum atomic E-state index is 11.8. The van der Waals surface area contributed by atoms with E-state index < -0.39 is 5.97 Å². The fourth-order valence-corrected chi connectivity index (χ4v) is 7.68. The Morgan fingerprint density at radius 1 is 0.922 bits per heavy atom. The minimum atomic E-state index is -0.810. The second-order valence-corrected chi connectivity index (χ2v) is 17.9. The fourth-order valence-electron chi connectivity index (χ4n) is 7.28. The van der Waals surface area contributed by atoms with E-state index in [9.17, 15) is 9.90 Å². The maximum Gasteiger partial charge on any atom is 0.303 e. The molecule has 0 spiro atoms. The first-order valence-electron chi connectivity index (χ1n) is 18.0. The van der Waals surface area contributed by atoms with Crippen LogP contribution in [0.25, 0.3) is 0 Å². The van der Waals surface area contributed by atoms with Crippen LogP contribution in [0.3, 0.4) is 0 Å². The Balaban J connectivity index is 1.77. The molecule has 278 valence electrons. The highest BCUT2D eigenvalue weighted by Crippen LogP contribution is 2.48. The topological polar surface area (TPSA) is 82.2 Å². The van der Waals surface area contributed by atoms with E-state index in [4.69, 9.17) is 9.59 Å². The molecule has 10 heteroatoms. The Bertz CT molecular complexity index is 1710. The minimum absolute atomic E-state index is 0.0506. The van der Waals surface area contributed by atoms with Crippen LogP contribution in [-0.2, 0) is 25.0 Å². The van der Waals surface area contributed by atoms with Gasteiger partial charge in [0, 0.05) is 58.8 Å². The van der Waals surface area contributed by atoms with Crippen molar-refractivity contribution >= 4 is 35.1 Å². The summed E-state index contributed by atoms with van der Waals surface area (Å²) in [7, 11) is 13.3. The molecular weight excluding hydrogens is 661 g/mol. The molecule has 0 atom stereocenters. The number of fused-ring (bicyclic) bond motifs is 2. The van der Waals surface area contributed by atoms with Gasteiger partial charge >= 0.3 is 5.97 Å². The number of nitrogens with zero attached hydrogens (tertiary/aromatic N) is 4. The molecule has 2 heterocycles. The molecule has 2 aromatic rings. The maximum absolute atomic E-state index is 11.8. The van der Waals surface area contributed by atoms with E-state index in [1.165, 1.54) is 22.5 Å². The van der Waals surface area contributed by atoms with Crippen molar-refractivity contribution in [2.45, 2.75) is 76.0 Å². The summed E-state index contributed by atoms with van der Waals surface area (Å²) in [5.41, 5.74) is 8.93. The molecular formula is C41H61N4O5S+3. The molecule has 4 rings (SSSR count). The first kappa shape index (κ1) is 40.5. The van der Waals surface area contributed by atoms with Gasteiger partial charge in [-0.3, -0.25) is 4.79 Å². The Morgan fingerprint density at radius 3 is 2.25 bits per heavy atom. The Labute approximate surface area is 310 Å². The Hall–Kier alpha value is -3.25. The number of quaternary nitrogens is 2. The molecule has 2 aromatic carbocycles. The van der Waals surface area contributed by atoms with Gasteiger partial charge in [-0.05, 0) is 62.6 Å². The van der Waals surface area contributed by atoms with E-state index in [1.54, 1.807) is 0 Å². The molecule has 0 saturated heterocycles. The van der Waals surface area contributed by atoms with Gasteiger partial charge in [0.1, 0.15) is 0 Å². The third-order valence-corrected chi connectivity index (χ3v) is 10.6. The number of aliphatic carboxylic acids is 1. The standard InChI is InChI=1S/C41H59N4O5S/c1-30-14-19-35-33(28-30)40(2,3)37(42(35)24-12-26-44(6,7)8)21-15-31(17-23-39(46)47)16-22-38-41(4,5)34-29-32(51-50-49-48)18-20-36(34)43(38)25-13-27-45(9,10)11/h14-16,18-22,28-29H,12-13,17,23-27H2,1-11H3/q+1/p+2. The number of hydrogen-bond donors (Lipinski definition) is 2. The minimum Gasteiger partial charge on any atom is -0.481 e. The number of anilines is 1. The molecule has 0 radical (unpaired) electrons. The van der Waals surface area contributed by atoms with E-state index in [2.05, 4.69) is 146 Å². The molecule has 2 aliphatic rings. The summed E-state index contributed by atoms with van der Waals surface area (Å²) in [6, 6.07) is 12.9. The van der Waals surface area contributed by atoms with Gasteiger partial charge in [0.25, 0.3) is 0 Å². The Kier molecular flexibility index (Phi) is 12.9. The highest BCUT2D eigenvalue weighted by Gasteiger charge is 2.45. The second kappa shape index (κ2) is 16.2. The van der Waals surface area contributed by atoms with Crippen LogP contribution in [0.2, 0.25) is 0 Å². The number of allylic oxidation sites excluding steroid dienone is 6. The van der Waals surface area contributed by atoms with Gasteiger partial charge in [-0.25, -0.2) is 5.26 Å². The van der Waals surface area contributed by atoms with Crippen LogP contribution < -0.4 is 4.90 Å². The van der Waals surface area contributed by atoms with E-state index in [1.807, 2.05) is 6.07 Å². The van der Waals surface area contributed by atoms with E-state index in [-0.39, 0.29) is 17.3 Å². The zero-order valence-corrected chi connectivity index (χ0v) is 33.6. The summed E-state index contributed by atoms with van der Waals surface area (Å²) in [5.74, 6) is -0.810. The quantitative estimate of drug-likeness (QED) is 0.0428. The normalized spacial score (nSPS) is 17.9. The van der Waals surface area contributed by atoms with Crippen molar-refractivity contribution in [1.29, 1.82) is 0 Å². The lowest BCUT2D eigenvalue weighted by Gasteiger charge is -2.29. The van der Waals surface area contributed by atoms with Gasteiger partial charge in [-0.15, -0.1) is 4.33 Å². The van der Waals surface area contributed by atoms with E-state index >= 15 is 0 Å². The summed E-state index contributed by atoms with van der Waals surface area (Å²) in [6.45, 7) is 15.0. The largest absolute Gasteiger partial charge is 0.481 e. The smallest absolute Gasteiger partial charge is 0.303 e. The SMILES string of the molecule is Cc1ccc2c(c1)C(C)(C)/C(=C/C=C(/C=C/C1=[N+](CCC[N+](C)(C)C)c3ccc(SOOO)cc3C1(C)C)CCC(=O)O)N2CCC[N+](C)(C)C. The summed E-state index contributed by atoms with van der Waals surface area (Å²) in [4.78, 5) is 15.1. The van der Waals surface area contributed by atoms with Crippen LogP contribution in [0.1, 0.15) is 70.1 Å². The molecule has 51 heavy (non-hydrogen) atoms. The van der Waals surface area contributed by atoms with Gasteiger partial charge in [0.15, 0.2) is 12.3 Å². The van der Waals surface area contributed by atoms with Crippen LogP contribution >= 0.6 is 12.0 Å². The number of aryl methyl sites for hydroxylation is 1. The summed E-state index contributed by atoms with van der Waals surface area (Å²) >= 11 is 0.962. The molecule has 2 N–H and O–H groups in total. The van der Waals surface area contributed by atoms with Gasteiger partial charge < -0.3 is 19.0 Å². The zero-order chi connectivity index (χ0) is 37.8. The lowest BCUT2D eigenvalue weighted by atomic mass is 9.81. The monoisotopic (exact) mass is 721 g/mol. The van der Waals surface area contributed by atoms with Crippen LogP contribution in [0, 0.1) is 6.92 Å². The second-order valence-electron chi connectivity index (χ2n) is 17.1. The van der Waals surface area contributed by atoms with Crippen molar-refractivity contribution < 1.29 is 38.1 Å². The molecule has 9 nitrogen and oxygen atoms in total. The third kappa shape index (κ3) is 10.2. The van der Waals surface area contributed by atoms with Crippen molar-refractivity contribution in [1.82, 2.24) is 0 Å².